The minimum absolute atomic E-state index is 0.357. The fourth-order valence-electron chi connectivity index (χ4n) is 2.90. The highest BCUT2D eigenvalue weighted by atomic mass is 16.3. The summed E-state index contributed by atoms with van der Waals surface area (Å²) in [6.07, 6.45) is 9.36. The Labute approximate surface area is 92.8 Å². The molecule has 2 atom stereocenters. The molecule has 2 N–H and O–H groups in total. The Morgan fingerprint density at radius 3 is 3.07 bits per heavy atom. The summed E-state index contributed by atoms with van der Waals surface area (Å²) in [5.74, 6) is 0.357. The summed E-state index contributed by atoms with van der Waals surface area (Å²) in [5, 5.41) is 14.1. The fourth-order valence-corrected chi connectivity index (χ4v) is 2.90. The maximum atomic E-state index is 10.8. The first-order valence-electron chi connectivity index (χ1n) is 6.36. The molecule has 0 aromatic heterocycles. The van der Waals surface area contributed by atoms with E-state index in [9.17, 15) is 5.11 Å². The minimum Gasteiger partial charge on any atom is -0.385 e. The lowest BCUT2D eigenvalue weighted by Crippen LogP contribution is -2.50. The van der Waals surface area contributed by atoms with Gasteiger partial charge < -0.3 is 10.4 Å². The van der Waals surface area contributed by atoms with Gasteiger partial charge in [0.25, 0.3) is 0 Å². The number of nitrogens with one attached hydrogen (secondary N) is 1. The normalized spacial score (nSPS) is 38.3. The molecule has 2 heteroatoms. The van der Waals surface area contributed by atoms with Crippen molar-refractivity contribution in [1.82, 2.24) is 5.32 Å². The van der Waals surface area contributed by atoms with E-state index in [0.29, 0.717) is 5.92 Å². The van der Waals surface area contributed by atoms with E-state index in [4.69, 9.17) is 0 Å². The Bertz CT molecular complexity index is 249. The molecule has 2 aliphatic rings. The number of aliphatic hydroxyl groups is 1. The van der Waals surface area contributed by atoms with E-state index in [2.05, 4.69) is 18.3 Å². The van der Waals surface area contributed by atoms with E-state index in [1.807, 2.05) is 0 Å². The number of piperidine rings is 1. The first kappa shape index (κ1) is 11.2. The summed E-state index contributed by atoms with van der Waals surface area (Å²) in [6.45, 7) is 4.07. The minimum atomic E-state index is -0.504. The van der Waals surface area contributed by atoms with Crippen molar-refractivity contribution < 1.29 is 5.11 Å². The van der Waals surface area contributed by atoms with Crippen LogP contribution in [0.15, 0.2) is 11.6 Å². The first-order chi connectivity index (χ1) is 7.23. The van der Waals surface area contributed by atoms with Gasteiger partial charge in [0.1, 0.15) is 0 Å². The number of rotatable bonds is 1. The molecule has 0 amide bonds. The third-order valence-corrected chi connectivity index (χ3v) is 4.05. The van der Waals surface area contributed by atoms with Crippen molar-refractivity contribution in [3.63, 3.8) is 0 Å². The smallest absolute Gasteiger partial charge is 0.0906 e. The number of hydrogen-bond acceptors (Lipinski definition) is 2. The third-order valence-electron chi connectivity index (χ3n) is 4.05. The highest BCUT2D eigenvalue weighted by molar-refractivity contribution is 5.20. The van der Waals surface area contributed by atoms with Gasteiger partial charge in [-0.1, -0.05) is 19.4 Å². The zero-order valence-corrected chi connectivity index (χ0v) is 9.76. The SMILES string of the molecule is CC1CNCCC1(O)C1=CCCCCC1. The zero-order chi connectivity index (χ0) is 10.7. The molecule has 0 spiro atoms. The van der Waals surface area contributed by atoms with Crippen LogP contribution in [-0.4, -0.2) is 23.8 Å². The molecule has 15 heavy (non-hydrogen) atoms. The number of hydrogen-bond donors (Lipinski definition) is 2. The molecule has 1 fully saturated rings. The van der Waals surface area contributed by atoms with Gasteiger partial charge in [-0.25, -0.2) is 0 Å². The van der Waals surface area contributed by atoms with E-state index in [1.165, 1.54) is 24.8 Å². The van der Waals surface area contributed by atoms with Crippen LogP contribution in [0, 0.1) is 5.92 Å². The van der Waals surface area contributed by atoms with Gasteiger partial charge >= 0.3 is 0 Å². The van der Waals surface area contributed by atoms with Crippen LogP contribution in [0.2, 0.25) is 0 Å². The Balaban J connectivity index is 2.14. The van der Waals surface area contributed by atoms with Gasteiger partial charge in [-0.3, -0.25) is 0 Å². The lowest BCUT2D eigenvalue weighted by atomic mass is 9.75. The topological polar surface area (TPSA) is 32.3 Å². The summed E-state index contributed by atoms with van der Waals surface area (Å²) >= 11 is 0. The van der Waals surface area contributed by atoms with Crippen LogP contribution in [0.5, 0.6) is 0 Å². The number of allylic oxidation sites excluding steroid dienone is 1. The van der Waals surface area contributed by atoms with Crippen LogP contribution >= 0.6 is 0 Å². The molecule has 0 saturated carbocycles. The molecule has 2 unspecified atom stereocenters. The monoisotopic (exact) mass is 209 g/mol. The first-order valence-corrected chi connectivity index (χ1v) is 6.36. The third kappa shape index (κ3) is 2.26. The van der Waals surface area contributed by atoms with Crippen molar-refractivity contribution in [1.29, 1.82) is 0 Å². The van der Waals surface area contributed by atoms with E-state index in [-0.39, 0.29) is 0 Å². The molecular weight excluding hydrogens is 186 g/mol. The largest absolute Gasteiger partial charge is 0.385 e. The maximum absolute atomic E-state index is 10.8. The van der Waals surface area contributed by atoms with Gasteiger partial charge in [0, 0.05) is 12.5 Å². The van der Waals surface area contributed by atoms with Gasteiger partial charge in [0.2, 0.25) is 0 Å². The zero-order valence-electron chi connectivity index (χ0n) is 9.76. The molecule has 0 aromatic carbocycles. The van der Waals surface area contributed by atoms with Crippen molar-refractivity contribution >= 4 is 0 Å². The summed E-state index contributed by atoms with van der Waals surface area (Å²) < 4.78 is 0. The molecule has 1 aliphatic carbocycles. The van der Waals surface area contributed by atoms with Crippen molar-refractivity contribution in [2.75, 3.05) is 13.1 Å². The Hall–Kier alpha value is -0.340. The second-order valence-corrected chi connectivity index (χ2v) is 5.11. The molecule has 2 rings (SSSR count). The van der Waals surface area contributed by atoms with Crippen LogP contribution in [0.25, 0.3) is 0 Å². The van der Waals surface area contributed by atoms with Gasteiger partial charge in [-0.2, -0.15) is 0 Å². The van der Waals surface area contributed by atoms with E-state index >= 15 is 0 Å². The summed E-state index contributed by atoms with van der Waals surface area (Å²) in [6, 6.07) is 0. The van der Waals surface area contributed by atoms with Crippen LogP contribution in [0.1, 0.15) is 45.4 Å². The molecule has 2 nitrogen and oxygen atoms in total. The fraction of sp³-hybridized carbons (Fsp3) is 0.846. The predicted octanol–water partition coefficient (Wildman–Crippen LogP) is 2.24. The van der Waals surface area contributed by atoms with Crippen molar-refractivity contribution in [3.8, 4) is 0 Å². The van der Waals surface area contributed by atoms with Crippen LogP contribution in [0.4, 0.5) is 0 Å². The highest BCUT2D eigenvalue weighted by Crippen LogP contribution is 2.36. The van der Waals surface area contributed by atoms with E-state index in [0.717, 1.165) is 32.4 Å². The quantitative estimate of drug-likeness (QED) is 0.649. The Kier molecular flexibility index (Phi) is 3.47. The molecule has 1 aliphatic heterocycles. The molecule has 0 bridgehead atoms. The van der Waals surface area contributed by atoms with Crippen molar-refractivity contribution in [2.45, 2.75) is 51.0 Å². The maximum Gasteiger partial charge on any atom is 0.0906 e. The Morgan fingerprint density at radius 2 is 2.27 bits per heavy atom. The lowest BCUT2D eigenvalue weighted by Gasteiger charge is -2.40. The van der Waals surface area contributed by atoms with Crippen molar-refractivity contribution in [3.05, 3.63) is 11.6 Å². The average molecular weight is 209 g/mol. The molecule has 1 saturated heterocycles. The molecule has 0 aromatic rings. The second-order valence-electron chi connectivity index (χ2n) is 5.11. The van der Waals surface area contributed by atoms with E-state index < -0.39 is 5.60 Å². The molecule has 86 valence electrons. The van der Waals surface area contributed by atoms with Crippen LogP contribution < -0.4 is 5.32 Å². The summed E-state index contributed by atoms with van der Waals surface area (Å²) in [7, 11) is 0. The molecular formula is C13H23NO. The molecule has 1 heterocycles. The van der Waals surface area contributed by atoms with Gasteiger partial charge in [-0.15, -0.1) is 0 Å². The van der Waals surface area contributed by atoms with Gasteiger partial charge in [-0.05, 0) is 44.2 Å². The Morgan fingerprint density at radius 1 is 1.40 bits per heavy atom. The second kappa shape index (κ2) is 4.67. The predicted molar refractivity (Wildman–Crippen MR) is 62.8 cm³/mol. The van der Waals surface area contributed by atoms with Gasteiger partial charge in [0.05, 0.1) is 5.60 Å². The standard InChI is InChI=1S/C13H23NO/c1-11-10-14-9-8-13(11,15)12-6-4-2-3-5-7-12/h6,11,14-15H,2-5,7-10H2,1H3. The van der Waals surface area contributed by atoms with Crippen LogP contribution in [-0.2, 0) is 0 Å². The summed E-state index contributed by atoms with van der Waals surface area (Å²) in [4.78, 5) is 0. The lowest BCUT2D eigenvalue weighted by molar-refractivity contribution is -0.00246. The molecule has 0 radical (unpaired) electrons. The van der Waals surface area contributed by atoms with E-state index in [1.54, 1.807) is 0 Å². The average Bonchev–Trinajstić information content (AvgIpc) is 2.51. The van der Waals surface area contributed by atoms with Crippen LogP contribution in [0.3, 0.4) is 0 Å². The summed E-state index contributed by atoms with van der Waals surface area (Å²) in [5.41, 5.74) is 0.823. The highest BCUT2D eigenvalue weighted by Gasteiger charge is 2.38. The van der Waals surface area contributed by atoms with Crippen molar-refractivity contribution in [2.24, 2.45) is 5.92 Å². The van der Waals surface area contributed by atoms with Gasteiger partial charge in [0.15, 0.2) is 0 Å².